The van der Waals surface area contributed by atoms with Crippen molar-refractivity contribution < 1.29 is 0 Å². The second-order valence-electron chi connectivity index (χ2n) is 5.83. The maximum absolute atomic E-state index is 6.43. The molecule has 0 N–H and O–H groups in total. The zero-order chi connectivity index (χ0) is 17.1. The predicted molar refractivity (Wildman–Crippen MR) is 106 cm³/mol. The van der Waals surface area contributed by atoms with Crippen molar-refractivity contribution in [2.45, 2.75) is 0 Å². The molecule has 2 heteroatoms. The van der Waals surface area contributed by atoms with Gasteiger partial charge in [-0.05, 0) is 23.3 Å². The molecular formula is C23H16ClN. The van der Waals surface area contributed by atoms with Crippen molar-refractivity contribution in [2.75, 3.05) is 0 Å². The van der Waals surface area contributed by atoms with Gasteiger partial charge in [-0.1, -0.05) is 90.5 Å². The maximum atomic E-state index is 6.43. The van der Waals surface area contributed by atoms with Crippen molar-refractivity contribution in [1.29, 1.82) is 0 Å². The molecular weight excluding hydrogens is 326 g/mol. The van der Waals surface area contributed by atoms with Crippen molar-refractivity contribution in [2.24, 2.45) is 0 Å². The fourth-order valence-electron chi connectivity index (χ4n) is 2.96. The zero-order valence-corrected chi connectivity index (χ0v) is 14.3. The van der Waals surface area contributed by atoms with Gasteiger partial charge in [0.1, 0.15) is 0 Å². The third-order valence-corrected chi connectivity index (χ3v) is 4.54. The summed E-state index contributed by atoms with van der Waals surface area (Å²) >= 11 is 6.43. The lowest BCUT2D eigenvalue weighted by molar-refractivity contribution is 1.32. The normalized spacial score (nSPS) is 10.6. The second kappa shape index (κ2) is 6.92. The summed E-state index contributed by atoms with van der Waals surface area (Å²) in [6.07, 6.45) is 1.92. The summed E-state index contributed by atoms with van der Waals surface area (Å²) in [4.78, 5) is 4.78. The molecule has 1 nitrogen and oxygen atoms in total. The highest BCUT2D eigenvalue weighted by molar-refractivity contribution is 6.33. The molecule has 0 saturated heterocycles. The molecule has 0 spiro atoms. The highest BCUT2D eigenvalue weighted by Crippen LogP contribution is 2.36. The lowest BCUT2D eigenvalue weighted by atomic mass is 9.96. The van der Waals surface area contributed by atoms with Gasteiger partial charge < -0.3 is 0 Å². The Morgan fingerprint density at radius 3 is 1.84 bits per heavy atom. The van der Waals surface area contributed by atoms with Gasteiger partial charge in [-0.25, -0.2) is 0 Å². The van der Waals surface area contributed by atoms with Gasteiger partial charge >= 0.3 is 0 Å². The number of hydrogen-bond donors (Lipinski definition) is 0. The van der Waals surface area contributed by atoms with Crippen LogP contribution in [0, 0.1) is 0 Å². The second-order valence-corrected chi connectivity index (χ2v) is 6.24. The van der Waals surface area contributed by atoms with E-state index in [1.807, 2.05) is 66.9 Å². The molecule has 0 saturated carbocycles. The van der Waals surface area contributed by atoms with Crippen LogP contribution in [-0.4, -0.2) is 4.98 Å². The van der Waals surface area contributed by atoms with Crippen LogP contribution in [0.2, 0.25) is 5.02 Å². The first kappa shape index (κ1) is 15.6. The summed E-state index contributed by atoms with van der Waals surface area (Å²) in [5.74, 6) is 0. The molecule has 1 heterocycles. The first-order chi connectivity index (χ1) is 12.3. The van der Waals surface area contributed by atoms with Crippen LogP contribution in [0.4, 0.5) is 0 Å². The highest BCUT2D eigenvalue weighted by atomic mass is 35.5. The average Bonchev–Trinajstić information content (AvgIpc) is 2.69. The van der Waals surface area contributed by atoms with Crippen LogP contribution >= 0.6 is 11.6 Å². The molecule has 0 fully saturated rings. The van der Waals surface area contributed by atoms with E-state index in [2.05, 4.69) is 30.3 Å². The molecule has 25 heavy (non-hydrogen) atoms. The fraction of sp³-hybridized carbons (Fsp3) is 0. The lowest BCUT2D eigenvalue weighted by Crippen LogP contribution is -1.92. The Labute approximate surface area is 152 Å². The van der Waals surface area contributed by atoms with Gasteiger partial charge in [0.2, 0.25) is 0 Å². The van der Waals surface area contributed by atoms with Gasteiger partial charge in [-0.15, -0.1) is 0 Å². The van der Waals surface area contributed by atoms with E-state index < -0.39 is 0 Å². The van der Waals surface area contributed by atoms with Crippen molar-refractivity contribution in [3.05, 3.63) is 102 Å². The van der Waals surface area contributed by atoms with Crippen molar-refractivity contribution in [3.63, 3.8) is 0 Å². The number of nitrogens with zero attached hydrogens (tertiary/aromatic N) is 1. The Hall–Kier alpha value is -2.90. The molecule has 3 aromatic carbocycles. The van der Waals surface area contributed by atoms with E-state index in [0.717, 1.165) is 33.5 Å². The Bertz CT molecular complexity index is 995. The van der Waals surface area contributed by atoms with E-state index in [9.17, 15) is 0 Å². The van der Waals surface area contributed by atoms with Crippen molar-refractivity contribution in [1.82, 2.24) is 4.98 Å². The van der Waals surface area contributed by atoms with Gasteiger partial charge in [-0.3, -0.25) is 4.98 Å². The molecule has 0 aliphatic carbocycles. The van der Waals surface area contributed by atoms with Crippen LogP contribution in [0.1, 0.15) is 0 Å². The Kier molecular flexibility index (Phi) is 4.32. The SMILES string of the molecule is Clc1ccccc1-c1ncc(-c2ccccc2)cc1-c1ccccc1. The van der Waals surface area contributed by atoms with Crippen LogP contribution in [0.25, 0.3) is 33.5 Å². The standard InChI is InChI=1S/C23H16ClN/c24-22-14-8-7-13-20(22)23-21(18-11-5-2-6-12-18)15-19(16-25-23)17-9-3-1-4-10-17/h1-16H. The smallest absolute Gasteiger partial charge is 0.0795 e. The molecule has 4 aromatic rings. The van der Waals surface area contributed by atoms with Crippen LogP contribution in [-0.2, 0) is 0 Å². The summed E-state index contributed by atoms with van der Waals surface area (Å²) in [5, 5.41) is 0.708. The summed E-state index contributed by atoms with van der Waals surface area (Å²) in [7, 11) is 0. The van der Waals surface area contributed by atoms with Gasteiger partial charge in [0, 0.05) is 27.9 Å². The maximum Gasteiger partial charge on any atom is 0.0795 e. The number of hydrogen-bond acceptors (Lipinski definition) is 1. The van der Waals surface area contributed by atoms with Gasteiger partial charge in [0.25, 0.3) is 0 Å². The molecule has 0 unspecified atom stereocenters. The van der Waals surface area contributed by atoms with Crippen LogP contribution in [0.15, 0.2) is 97.2 Å². The van der Waals surface area contributed by atoms with E-state index >= 15 is 0 Å². The number of benzene rings is 3. The summed E-state index contributed by atoms with van der Waals surface area (Å²) in [6.45, 7) is 0. The number of rotatable bonds is 3. The molecule has 0 aliphatic heterocycles. The summed E-state index contributed by atoms with van der Waals surface area (Å²) in [6, 6.07) is 30.6. The molecule has 0 aliphatic rings. The van der Waals surface area contributed by atoms with E-state index in [0.29, 0.717) is 5.02 Å². The number of aromatic nitrogens is 1. The fourth-order valence-corrected chi connectivity index (χ4v) is 3.18. The van der Waals surface area contributed by atoms with Crippen LogP contribution in [0.3, 0.4) is 0 Å². The minimum absolute atomic E-state index is 0.708. The Balaban J connectivity index is 1.95. The lowest BCUT2D eigenvalue weighted by Gasteiger charge is -2.13. The number of pyridine rings is 1. The first-order valence-electron chi connectivity index (χ1n) is 8.19. The predicted octanol–water partition coefficient (Wildman–Crippen LogP) is 6.74. The van der Waals surface area contributed by atoms with Gasteiger partial charge in [-0.2, -0.15) is 0 Å². The Morgan fingerprint density at radius 1 is 0.560 bits per heavy atom. The summed E-state index contributed by atoms with van der Waals surface area (Å²) < 4.78 is 0. The van der Waals surface area contributed by atoms with E-state index in [1.165, 1.54) is 0 Å². The van der Waals surface area contributed by atoms with Gasteiger partial charge in [0.05, 0.1) is 5.69 Å². The highest BCUT2D eigenvalue weighted by Gasteiger charge is 2.13. The molecule has 0 amide bonds. The number of halogens is 1. The molecule has 0 radical (unpaired) electrons. The van der Waals surface area contributed by atoms with Gasteiger partial charge in [0.15, 0.2) is 0 Å². The molecule has 1 aromatic heterocycles. The van der Waals surface area contributed by atoms with E-state index in [-0.39, 0.29) is 0 Å². The summed E-state index contributed by atoms with van der Waals surface area (Å²) in [5.41, 5.74) is 6.30. The van der Waals surface area contributed by atoms with Crippen molar-refractivity contribution >= 4 is 11.6 Å². The van der Waals surface area contributed by atoms with E-state index in [4.69, 9.17) is 16.6 Å². The van der Waals surface area contributed by atoms with Crippen LogP contribution < -0.4 is 0 Å². The zero-order valence-electron chi connectivity index (χ0n) is 13.6. The van der Waals surface area contributed by atoms with E-state index in [1.54, 1.807) is 0 Å². The average molecular weight is 342 g/mol. The first-order valence-corrected chi connectivity index (χ1v) is 8.56. The molecule has 120 valence electrons. The monoisotopic (exact) mass is 341 g/mol. The minimum atomic E-state index is 0.708. The third kappa shape index (κ3) is 3.19. The Morgan fingerprint density at radius 2 is 1.16 bits per heavy atom. The third-order valence-electron chi connectivity index (χ3n) is 4.21. The molecule has 0 bridgehead atoms. The molecule has 4 rings (SSSR count). The topological polar surface area (TPSA) is 12.9 Å². The van der Waals surface area contributed by atoms with Crippen LogP contribution in [0.5, 0.6) is 0 Å². The van der Waals surface area contributed by atoms with Crippen molar-refractivity contribution in [3.8, 4) is 33.5 Å². The molecule has 0 atom stereocenters. The minimum Gasteiger partial charge on any atom is -0.255 e. The quantitative estimate of drug-likeness (QED) is 0.402. The largest absolute Gasteiger partial charge is 0.255 e.